The highest BCUT2D eigenvalue weighted by Gasteiger charge is 2.32. The van der Waals surface area contributed by atoms with Crippen LogP contribution in [0.5, 0.6) is 0 Å². The van der Waals surface area contributed by atoms with Crippen LogP contribution in [0.4, 0.5) is 22.7 Å². The van der Waals surface area contributed by atoms with Gasteiger partial charge in [0.1, 0.15) is 0 Å². The zero-order chi connectivity index (χ0) is 22.7. The first-order chi connectivity index (χ1) is 15.4. The number of benzene rings is 2. The van der Waals surface area contributed by atoms with Crippen LogP contribution in [0.2, 0.25) is 0 Å². The maximum Gasteiger partial charge on any atom is 0.166 e. The Kier molecular flexibility index (Phi) is 6.86. The highest BCUT2D eigenvalue weighted by molar-refractivity contribution is 5.88. The van der Waals surface area contributed by atoms with Crippen molar-refractivity contribution in [2.45, 2.75) is 25.9 Å². The lowest BCUT2D eigenvalue weighted by Gasteiger charge is -2.42. The molecule has 0 amide bonds. The van der Waals surface area contributed by atoms with E-state index in [1.807, 2.05) is 24.3 Å². The van der Waals surface area contributed by atoms with Gasteiger partial charge in [-0.05, 0) is 62.4 Å². The lowest BCUT2D eigenvalue weighted by molar-refractivity contribution is -0.128. The van der Waals surface area contributed by atoms with Crippen molar-refractivity contribution >= 4 is 28.5 Å². The molecule has 0 saturated carbocycles. The number of carbonyl (C=O) groups is 1. The van der Waals surface area contributed by atoms with Crippen LogP contribution in [0.1, 0.15) is 13.8 Å². The van der Waals surface area contributed by atoms with Crippen molar-refractivity contribution in [3.05, 3.63) is 48.5 Å². The molecule has 7 nitrogen and oxygen atoms in total. The SMILES string of the molecule is CC(C(=O)C(C)N1CCN(c2ccc(N)cc2)CC1)N1CCN(c2ccc(N)cc2)CC1. The van der Waals surface area contributed by atoms with E-state index in [2.05, 4.69) is 57.7 Å². The summed E-state index contributed by atoms with van der Waals surface area (Å²) in [7, 11) is 0. The standard InChI is InChI=1S/C25H36N6O/c1-19(28-11-15-30(16-12-28)23-7-3-21(26)4-8-23)25(32)20(2)29-13-17-31(18-14-29)24-9-5-22(27)6-10-24/h3-10,19-20H,11-18,26-27H2,1-2H3. The van der Waals surface area contributed by atoms with Gasteiger partial charge >= 0.3 is 0 Å². The summed E-state index contributed by atoms with van der Waals surface area (Å²) in [6.45, 7) is 11.4. The van der Waals surface area contributed by atoms with E-state index in [-0.39, 0.29) is 12.1 Å². The van der Waals surface area contributed by atoms with Gasteiger partial charge in [0.2, 0.25) is 0 Å². The summed E-state index contributed by atoms with van der Waals surface area (Å²) in [4.78, 5) is 22.7. The van der Waals surface area contributed by atoms with E-state index in [4.69, 9.17) is 11.5 Å². The summed E-state index contributed by atoms with van der Waals surface area (Å²) in [5.41, 5.74) is 15.6. The molecule has 32 heavy (non-hydrogen) atoms. The van der Waals surface area contributed by atoms with Crippen LogP contribution in [0.15, 0.2) is 48.5 Å². The Balaban J connectivity index is 1.26. The molecule has 0 aliphatic carbocycles. The predicted octanol–water partition coefficient (Wildman–Crippen LogP) is 2.14. The third-order valence-electron chi connectivity index (χ3n) is 7.06. The molecule has 2 saturated heterocycles. The summed E-state index contributed by atoms with van der Waals surface area (Å²) in [5.74, 6) is 0.326. The van der Waals surface area contributed by atoms with Crippen molar-refractivity contribution in [2.75, 3.05) is 73.6 Å². The third kappa shape index (κ3) is 5.00. The molecule has 7 heteroatoms. The van der Waals surface area contributed by atoms with Crippen molar-refractivity contribution in [1.82, 2.24) is 9.80 Å². The summed E-state index contributed by atoms with van der Waals surface area (Å²) in [6, 6.07) is 16.0. The summed E-state index contributed by atoms with van der Waals surface area (Å²) in [5, 5.41) is 0. The molecule has 172 valence electrons. The molecular formula is C25H36N6O. The minimum Gasteiger partial charge on any atom is -0.399 e. The predicted molar refractivity (Wildman–Crippen MR) is 133 cm³/mol. The van der Waals surface area contributed by atoms with Gasteiger partial charge in [-0.2, -0.15) is 0 Å². The topological polar surface area (TPSA) is 82.1 Å². The second kappa shape index (κ2) is 9.79. The lowest BCUT2D eigenvalue weighted by atomic mass is 10.0. The van der Waals surface area contributed by atoms with Crippen molar-refractivity contribution in [3.63, 3.8) is 0 Å². The van der Waals surface area contributed by atoms with E-state index in [0.717, 1.165) is 63.7 Å². The molecule has 2 aliphatic heterocycles. The van der Waals surface area contributed by atoms with E-state index in [9.17, 15) is 4.79 Å². The molecule has 2 aliphatic rings. The van der Waals surface area contributed by atoms with E-state index >= 15 is 0 Å². The number of hydrogen-bond donors (Lipinski definition) is 2. The van der Waals surface area contributed by atoms with E-state index in [1.165, 1.54) is 11.4 Å². The molecule has 2 unspecified atom stereocenters. The number of nitrogens with zero attached hydrogens (tertiary/aromatic N) is 4. The van der Waals surface area contributed by atoms with Gasteiger partial charge in [0.25, 0.3) is 0 Å². The quantitative estimate of drug-likeness (QED) is 0.672. The van der Waals surface area contributed by atoms with Crippen molar-refractivity contribution in [1.29, 1.82) is 0 Å². The largest absolute Gasteiger partial charge is 0.399 e. The Morgan fingerprint density at radius 1 is 0.625 bits per heavy atom. The van der Waals surface area contributed by atoms with Crippen LogP contribution >= 0.6 is 0 Å². The zero-order valence-electron chi connectivity index (χ0n) is 19.3. The molecule has 2 atom stereocenters. The Labute approximate surface area is 191 Å². The van der Waals surface area contributed by atoms with Crippen LogP contribution in [0.25, 0.3) is 0 Å². The monoisotopic (exact) mass is 436 g/mol. The Morgan fingerprint density at radius 3 is 1.25 bits per heavy atom. The van der Waals surface area contributed by atoms with Crippen molar-refractivity contribution in [3.8, 4) is 0 Å². The first kappa shape index (κ1) is 22.4. The summed E-state index contributed by atoms with van der Waals surface area (Å²) >= 11 is 0. The molecule has 2 fully saturated rings. The molecule has 2 aromatic rings. The zero-order valence-corrected chi connectivity index (χ0v) is 19.3. The number of rotatable bonds is 6. The van der Waals surface area contributed by atoms with Gasteiger partial charge in [-0.3, -0.25) is 14.6 Å². The number of ketones is 1. The fraction of sp³-hybridized carbons (Fsp3) is 0.480. The Morgan fingerprint density at radius 2 is 0.938 bits per heavy atom. The van der Waals surface area contributed by atoms with Crippen LogP contribution < -0.4 is 21.3 Å². The molecule has 0 bridgehead atoms. The number of piperazine rings is 2. The summed E-state index contributed by atoms with van der Waals surface area (Å²) in [6.07, 6.45) is 0. The minimum atomic E-state index is -0.0614. The van der Waals surface area contributed by atoms with Crippen LogP contribution in [-0.2, 0) is 4.79 Å². The number of anilines is 4. The van der Waals surface area contributed by atoms with E-state index in [0.29, 0.717) is 5.78 Å². The van der Waals surface area contributed by atoms with Crippen molar-refractivity contribution < 1.29 is 4.79 Å². The average Bonchev–Trinajstić information content (AvgIpc) is 2.84. The maximum absolute atomic E-state index is 13.3. The smallest absolute Gasteiger partial charge is 0.166 e. The lowest BCUT2D eigenvalue weighted by Crippen LogP contribution is -2.57. The van der Waals surface area contributed by atoms with Gasteiger partial charge in [-0.25, -0.2) is 0 Å². The van der Waals surface area contributed by atoms with Gasteiger partial charge in [0.05, 0.1) is 12.1 Å². The average molecular weight is 437 g/mol. The highest BCUT2D eigenvalue weighted by Crippen LogP contribution is 2.21. The number of Topliss-reactive ketones (excluding diaryl/α,β-unsaturated/α-hetero) is 1. The number of nitrogens with two attached hydrogens (primary N) is 2. The Bertz CT molecular complexity index is 810. The maximum atomic E-state index is 13.3. The highest BCUT2D eigenvalue weighted by atomic mass is 16.1. The molecule has 0 aromatic heterocycles. The molecule has 2 aromatic carbocycles. The molecule has 4 rings (SSSR count). The first-order valence-corrected chi connectivity index (χ1v) is 11.6. The van der Waals surface area contributed by atoms with Crippen LogP contribution in [-0.4, -0.2) is 80.0 Å². The molecular weight excluding hydrogens is 400 g/mol. The van der Waals surface area contributed by atoms with Crippen LogP contribution in [0.3, 0.4) is 0 Å². The second-order valence-electron chi connectivity index (χ2n) is 8.98. The van der Waals surface area contributed by atoms with Crippen molar-refractivity contribution in [2.24, 2.45) is 0 Å². The van der Waals surface area contributed by atoms with Gasteiger partial charge in [-0.15, -0.1) is 0 Å². The molecule has 2 heterocycles. The van der Waals surface area contributed by atoms with Gasteiger partial charge in [0, 0.05) is 75.1 Å². The fourth-order valence-corrected chi connectivity index (χ4v) is 4.81. The molecule has 0 spiro atoms. The molecule has 4 N–H and O–H groups in total. The fourth-order valence-electron chi connectivity index (χ4n) is 4.81. The van der Waals surface area contributed by atoms with E-state index < -0.39 is 0 Å². The number of carbonyl (C=O) groups excluding carboxylic acids is 1. The van der Waals surface area contributed by atoms with E-state index in [1.54, 1.807) is 0 Å². The number of nitrogen functional groups attached to an aromatic ring is 2. The molecule has 0 radical (unpaired) electrons. The third-order valence-corrected chi connectivity index (χ3v) is 7.06. The summed E-state index contributed by atoms with van der Waals surface area (Å²) < 4.78 is 0. The second-order valence-corrected chi connectivity index (χ2v) is 8.98. The van der Waals surface area contributed by atoms with Gasteiger partial charge in [-0.1, -0.05) is 0 Å². The normalized spacial score (nSPS) is 20.2. The Hall–Kier alpha value is -2.77. The van der Waals surface area contributed by atoms with Gasteiger partial charge in [0.15, 0.2) is 5.78 Å². The number of hydrogen-bond acceptors (Lipinski definition) is 7. The first-order valence-electron chi connectivity index (χ1n) is 11.6. The minimum absolute atomic E-state index is 0.0614. The van der Waals surface area contributed by atoms with Crippen LogP contribution in [0, 0.1) is 0 Å². The van der Waals surface area contributed by atoms with Gasteiger partial charge < -0.3 is 21.3 Å².